The molecule has 0 aliphatic carbocycles. The molecule has 0 aliphatic rings. The number of rotatable bonds is 7. The standard InChI is InChI=1S/C21H22ClN3O3/c1-3-25(21(28)13-6-16-4-7-17(22)8-5-16)14-20(27)24-19-11-9-18(10-12-19)23-15(2)26/h4-13H,3,14H2,1-2H3,(H,23,26)(H,24,27). The van der Waals surface area contributed by atoms with Gasteiger partial charge in [0, 0.05) is 35.9 Å². The zero-order chi connectivity index (χ0) is 20.5. The maximum absolute atomic E-state index is 12.3. The van der Waals surface area contributed by atoms with Gasteiger partial charge in [0.2, 0.25) is 17.7 Å². The maximum Gasteiger partial charge on any atom is 0.247 e. The normalized spacial score (nSPS) is 10.5. The first-order valence-electron chi connectivity index (χ1n) is 8.77. The third-order valence-corrected chi connectivity index (χ3v) is 4.06. The second-order valence-corrected chi connectivity index (χ2v) is 6.48. The summed E-state index contributed by atoms with van der Waals surface area (Å²) in [6.07, 6.45) is 3.11. The van der Waals surface area contributed by atoms with Crippen molar-refractivity contribution in [1.29, 1.82) is 0 Å². The first-order valence-corrected chi connectivity index (χ1v) is 9.15. The fraction of sp³-hybridized carbons (Fsp3) is 0.190. The van der Waals surface area contributed by atoms with Crippen LogP contribution in [-0.4, -0.2) is 35.7 Å². The van der Waals surface area contributed by atoms with Gasteiger partial charge in [-0.15, -0.1) is 0 Å². The van der Waals surface area contributed by atoms with Crippen LogP contribution in [0.5, 0.6) is 0 Å². The van der Waals surface area contributed by atoms with Crippen LogP contribution in [0.1, 0.15) is 19.4 Å². The van der Waals surface area contributed by atoms with Crippen LogP contribution in [0, 0.1) is 0 Å². The molecule has 146 valence electrons. The lowest BCUT2D eigenvalue weighted by molar-refractivity contribution is -0.130. The van der Waals surface area contributed by atoms with E-state index < -0.39 is 0 Å². The van der Waals surface area contributed by atoms with Crippen LogP contribution >= 0.6 is 11.6 Å². The Morgan fingerprint density at radius 3 is 2.07 bits per heavy atom. The Balaban J connectivity index is 1.91. The molecule has 0 bridgehead atoms. The van der Waals surface area contributed by atoms with E-state index in [1.807, 2.05) is 6.92 Å². The average Bonchev–Trinajstić information content (AvgIpc) is 2.66. The molecule has 0 atom stereocenters. The third-order valence-electron chi connectivity index (χ3n) is 3.81. The molecule has 0 saturated carbocycles. The van der Waals surface area contributed by atoms with Gasteiger partial charge in [0.1, 0.15) is 6.54 Å². The molecule has 0 aromatic heterocycles. The molecule has 0 unspecified atom stereocenters. The minimum atomic E-state index is -0.303. The fourth-order valence-electron chi connectivity index (χ4n) is 2.41. The molecule has 7 heteroatoms. The van der Waals surface area contributed by atoms with Crippen molar-refractivity contribution in [3.05, 3.63) is 65.2 Å². The summed E-state index contributed by atoms with van der Waals surface area (Å²) in [5, 5.41) is 6.02. The Hall–Kier alpha value is -3.12. The lowest BCUT2D eigenvalue weighted by Crippen LogP contribution is -2.36. The first kappa shape index (κ1) is 21.2. The number of nitrogens with one attached hydrogen (secondary N) is 2. The number of anilines is 2. The zero-order valence-corrected chi connectivity index (χ0v) is 16.5. The predicted molar refractivity (Wildman–Crippen MR) is 112 cm³/mol. The molecule has 0 saturated heterocycles. The van der Waals surface area contributed by atoms with Crippen LogP contribution in [0.4, 0.5) is 11.4 Å². The molecular weight excluding hydrogens is 378 g/mol. The summed E-state index contributed by atoms with van der Waals surface area (Å²) >= 11 is 5.84. The molecule has 2 rings (SSSR count). The highest BCUT2D eigenvalue weighted by molar-refractivity contribution is 6.30. The lowest BCUT2D eigenvalue weighted by atomic mass is 10.2. The summed E-state index contributed by atoms with van der Waals surface area (Å²) in [5.74, 6) is -0.725. The molecule has 2 aromatic rings. The Bertz CT molecular complexity index is 861. The molecule has 3 amide bonds. The van der Waals surface area contributed by atoms with Crippen molar-refractivity contribution in [1.82, 2.24) is 4.90 Å². The van der Waals surface area contributed by atoms with Crippen LogP contribution in [-0.2, 0) is 14.4 Å². The smallest absolute Gasteiger partial charge is 0.247 e. The van der Waals surface area contributed by atoms with E-state index in [2.05, 4.69) is 10.6 Å². The topological polar surface area (TPSA) is 78.5 Å². The van der Waals surface area contributed by atoms with Gasteiger partial charge >= 0.3 is 0 Å². The van der Waals surface area contributed by atoms with E-state index in [0.29, 0.717) is 22.9 Å². The van der Waals surface area contributed by atoms with Crippen LogP contribution in [0.3, 0.4) is 0 Å². The minimum absolute atomic E-state index is 0.0618. The van der Waals surface area contributed by atoms with Gasteiger partial charge in [-0.3, -0.25) is 14.4 Å². The number of halogens is 1. The molecule has 6 nitrogen and oxygen atoms in total. The van der Waals surface area contributed by atoms with E-state index >= 15 is 0 Å². The molecule has 2 N–H and O–H groups in total. The summed E-state index contributed by atoms with van der Waals surface area (Å²) in [6.45, 7) is 3.57. The van der Waals surface area contributed by atoms with Crippen LogP contribution in [0.15, 0.2) is 54.6 Å². The SMILES string of the molecule is CCN(CC(=O)Nc1ccc(NC(C)=O)cc1)C(=O)C=Cc1ccc(Cl)cc1. The molecule has 0 fully saturated rings. The van der Waals surface area contributed by atoms with Gasteiger partial charge in [-0.2, -0.15) is 0 Å². The number of carbonyl (C=O) groups is 3. The Labute approximate surface area is 169 Å². The number of amides is 3. The first-order chi connectivity index (χ1) is 13.4. The largest absolute Gasteiger partial charge is 0.330 e. The molecular formula is C21H22ClN3O3. The summed E-state index contributed by atoms with van der Waals surface area (Å²) in [4.78, 5) is 37.1. The zero-order valence-electron chi connectivity index (χ0n) is 15.7. The van der Waals surface area contributed by atoms with Crippen LogP contribution in [0.2, 0.25) is 5.02 Å². The van der Waals surface area contributed by atoms with Crippen molar-refractivity contribution in [2.24, 2.45) is 0 Å². The van der Waals surface area contributed by atoms with Gasteiger partial charge in [0.15, 0.2) is 0 Å². The Kier molecular flexibility index (Phi) is 7.77. The van der Waals surface area contributed by atoms with Gasteiger partial charge in [-0.25, -0.2) is 0 Å². The van der Waals surface area contributed by atoms with E-state index in [9.17, 15) is 14.4 Å². The van der Waals surface area contributed by atoms with Gasteiger partial charge in [0.25, 0.3) is 0 Å². The summed E-state index contributed by atoms with van der Waals surface area (Å²) in [5.41, 5.74) is 2.07. The van der Waals surface area contributed by atoms with Crippen LogP contribution in [0.25, 0.3) is 6.08 Å². The highest BCUT2D eigenvalue weighted by atomic mass is 35.5. The minimum Gasteiger partial charge on any atom is -0.330 e. The van der Waals surface area contributed by atoms with Crippen molar-refractivity contribution >= 4 is 46.8 Å². The van der Waals surface area contributed by atoms with Crippen molar-refractivity contribution in [2.45, 2.75) is 13.8 Å². The quantitative estimate of drug-likeness (QED) is 0.695. The molecule has 0 aliphatic heterocycles. The number of nitrogens with zero attached hydrogens (tertiary/aromatic N) is 1. The number of hydrogen-bond acceptors (Lipinski definition) is 3. The predicted octanol–water partition coefficient (Wildman–Crippen LogP) is 3.80. The van der Waals surface area contributed by atoms with Crippen molar-refractivity contribution < 1.29 is 14.4 Å². The van der Waals surface area contributed by atoms with Gasteiger partial charge < -0.3 is 15.5 Å². The summed E-state index contributed by atoms with van der Waals surface area (Å²) in [6, 6.07) is 13.8. The third kappa shape index (κ3) is 6.89. The number of likely N-dealkylation sites (N-methyl/N-ethyl adjacent to an activating group) is 1. The van der Waals surface area contributed by atoms with E-state index in [0.717, 1.165) is 5.56 Å². The highest BCUT2D eigenvalue weighted by Crippen LogP contribution is 2.14. The van der Waals surface area contributed by atoms with Gasteiger partial charge in [-0.1, -0.05) is 23.7 Å². The number of benzene rings is 2. The second kappa shape index (κ2) is 10.3. The lowest BCUT2D eigenvalue weighted by Gasteiger charge is -2.18. The van der Waals surface area contributed by atoms with Gasteiger partial charge in [0.05, 0.1) is 0 Å². The monoisotopic (exact) mass is 399 g/mol. The Morgan fingerprint density at radius 2 is 1.54 bits per heavy atom. The van der Waals surface area contributed by atoms with E-state index in [1.165, 1.54) is 17.9 Å². The van der Waals surface area contributed by atoms with E-state index in [1.54, 1.807) is 54.6 Å². The van der Waals surface area contributed by atoms with Crippen molar-refractivity contribution in [3.8, 4) is 0 Å². The molecule has 0 spiro atoms. The molecule has 0 heterocycles. The second-order valence-electron chi connectivity index (χ2n) is 6.04. The molecule has 28 heavy (non-hydrogen) atoms. The fourth-order valence-corrected chi connectivity index (χ4v) is 2.53. The van der Waals surface area contributed by atoms with E-state index in [-0.39, 0.29) is 24.3 Å². The highest BCUT2D eigenvalue weighted by Gasteiger charge is 2.13. The number of carbonyl (C=O) groups excluding carboxylic acids is 3. The summed E-state index contributed by atoms with van der Waals surface area (Å²) < 4.78 is 0. The van der Waals surface area contributed by atoms with Crippen molar-refractivity contribution in [3.63, 3.8) is 0 Å². The van der Waals surface area contributed by atoms with Gasteiger partial charge in [-0.05, 0) is 55.0 Å². The number of hydrogen-bond donors (Lipinski definition) is 2. The van der Waals surface area contributed by atoms with E-state index in [4.69, 9.17) is 11.6 Å². The van der Waals surface area contributed by atoms with Crippen LogP contribution < -0.4 is 10.6 Å². The van der Waals surface area contributed by atoms with Crippen molar-refractivity contribution in [2.75, 3.05) is 23.7 Å². The average molecular weight is 400 g/mol. The molecule has 2 aromatic carbocycles. The Morgan fingerprint density at radius 1 is 0.964 bits per heavy atom. The maximum atomic E-state index is 12.3. The molecule has 0 radical (unpaired) electrons. The summed E-state index contributed by atoms with van der Waals surface area (Å²) in [7, 11) is 0.